The molecule has 68 valence electrons. The molecule has 1 unspecified atom stereocenters. The third kappa shape index (κ3) is 1.47. The van der Waals surface area contributed by atoms with Gasteiger partial charge in [0.25, 0.3) is 0 Å². The van der Waals surface area contributed by atoms with Crippen LogP contribution in [-0.4, -0.2) is 14.5 Å². The predicted octanol–water partition coefficient (Wildman–Crippen LogP) is 2.15. The summed E-state index contributed by atoms with van der Waals surface area (Å²) < 4.78 is 2.84. The first-order chi connectivity index (χ1) is 6.18. The molecule has 4 heteroatoms. The van der Waals surface area contributed by atoms with Crippen LogP contribution in [-0.2, 0) is 0 Å². The molecule has 1 atom stereocenters. The fourth-order valence-electron chi connectivity index (χ4n) is 1.28. The number of rotatable bonds is 1. The van der Waals surface area contributed by atoms with Crippen molar-refractivity contribution in [2.75, 3.05) is 0 Å². The standard InChI is InChI=1S/C9H9BrN2O/c1-6(13)8-4-11-9-3-2-7(10)5-12(8)9/h2-6,13H,1H3. The van der Waals surface area contributed by atoms with Gasteiger partial charge in [-0.2, -0.15) is 0 Å². The van der Waals surface area contributed by atoms with E-state index in [9.17, 15) is 5.11 Å². The Morgan fingerprint density at radius 3 is 3.00 bits per heavy atom. The van der Waals surface area contributed by atoms with Gasteiger partial charge in [-0.15, -0.1) is 0 Å². The topological polar surface area (TPSA) is 37.5 Å². The summed E-state index contributed by atoms with van der Waals surface area (Å²) in [5, 5.41) is 9.43. The van der Waals surface area contributed by atoms with Gasteiger partial charge in [0.1, 0.15) is 5.65 Å². The minimum Gasteiger partial charge on any atom is -0.387 e. The Labute approximate surface area is 84.2 Å². The van der Waals surface area contributed by atoms with Gasteiger partial charge < -0.3 is 9.51 Å². The van der Waals surface area contributed by atoms with E-state index in [0.717, 1.165) is 15.8 Å². The van der Waals surface area contributed by atoms with Crippen molar-refractivity contribution in [3.63, 3.8) is 0 Å². The summed E-state index contributed by atoms with van der Waals surface area (Å²) in [5.41, 5.74) is 1.65. The molecule has 3 nitrogen and oxygen atoms in total. The number of aliphatic hydroxyl groups excluding tert-OH is 1. The highest BCUT2D eigenvalue weighted by Crippen LogP contribution is 2.17. The summed E-state index contributed by atoms with van der Waals surface area (Å²) in [6, 6.07) is 3.82. The molecule has 1 N–H and O–H groups in total. The van der Waals surface area contributed by atoms with Crippen molar-refractivity contribution in [3.8, 4) is 0 Å². The molecule has 0 aromatic carbocycles. The van der Waals surface area contributed by atoms with Gasteiger partial charge in [0.2, 0.25) is 0 Å². The van der Waals surface area contributed by atoms with E-state index in [0.29, 0.717) is 0 Å². The van der Waals surface area contributed by atoms with Crippen LogP contribution in [0.15, 0.2) is 29.0 Å². The van der Waals surface area contributed by atoms with Crippen molar-refractivity contribution in [1.82, 2.24) is 9.38 Å². The Hall–Kier alpha value is -0.870. The van der Waals surface area contributed by atoms with E-state index in [1.807, 2.05) is 22.7 Å². The van der Waals surface area contributed by atoms with Gasteiger partial charge in [0.05, 0.1) is 18.0 Å². The van der Waals surface area contributed by atoms with Gasteiger partial charge in [0.15, 0.2) is 0 Å². The SMILES string of the molecule is CC(O)c1cnc2ccc(Br)cn12. The fraction of sp³-hybridized carbons (Fsp3) is 0.222. The number of fused-ring (bicyclic) bond motifs is 1. The lowest BCUT2D eigenvalue weighted by Gasteiger charge is -2.03. The number of halogens is 1. The first-order valence-corrected chi connectivity index (χ1v) is 4.78. The minimum absolute atomic E-state index is 0.496. The highest BCUT2D eigenvalue weighted by atomic mass is 79.9. The lowest BCUT2D eigenvalue weighted by Crippen LogP contribution is -1.96. The molecule has 0 aliphatic rings. The van der Waals surface area contributed by atoms with E-state index in [1.165, 1.54) is 0 Å². The quantitative estimate of drug-likeness (QED) is 0.830. The number of aromatic nitrogens is 2. The molecule has 0 fully saturated rings. The molecule has 0 spiro atoms. The molecule has 2 rings (SSSR count). The molecule has 0 saturated carbocycles. The van der Waals surface area contributed by atoms with E-state index in [1.54, 1.807) is 13.1 Å². The van der Waals surface area contributed by atoms with Crippen molar-refractivity contribution in [3.05, 3.63) is 34.7 Å². The number of imidazole rings is 1. The Balaban J connectivity index is 2.71. The highest BCUT2D eigenvalue weighted by Gasteiger charge is 2.07. The summed E-state index contributed by atoms with van der Waals surface area (Å²) >= 11 is 3.37. The molecule has 13 heavy (non-hydrogen) atoms. The third-order valence-electron chi connectivity index (χ3n) is 1.93. The number of aliphatic hydroxyl groups is 1. The molecule has 2 aromatic heterocycles. The predicted molar refractivity (Wildman–Crippen MR) is 53.5 cm³/mol. The van der Waals surface area contributed by atoms with Gasteiger partial charge in [-0.1, -0.05) is 0 Å². The summed E-state index contributed by atoms with van der Waals surface area (Å²) in [6.45, 7) is 1.73. The van der Waals surface area contributed by atoms with E-state index >= 15 is 0 Å². The second-order valence-corrected chi connectivity index (χ2v) is 3.85. The van der Waals surface area contributed by atoms with Crippen LogP contribution in [0.25, 0.3) is 5.65 Å². The average Bonchev–Trinajstić information content (AvgIpc) is 2.46. The van der Waals surface area contributed by atoms with Gasteiger partial charge >= 0.3 is 0 Å². The number of pyridine rings is 1. The maximum atomic E-state index is 9.43. The van der Waals surface area contributed by atoms with E-state index in [4.69, 9.17) is 0 Å². The van der Waals surface area contributed by atoms with Crippen LogP contribution in [0, 0.1) is 0 Å². The Kier molecular flexibility index (Phi) is 2.09. The van der Waals surface area contributed by atoms with E-state index < -0.39 is 6.10 Å². The smallest absolute Gasteiger partial charge is 0.137 e. The van der Waals surface area contributed by atoms with Crippen LogP contribution in [0.3, 0.4) is 0 Å². The van der Waals surface area contributed by atoms with Crippen molar-refractivity contribution >= 4 is 21.6 Å². The Bertz CT molecular complexity index is 436. The normalized spacial score (nSPS) is 13.5. The van der Waals surface area contributed by atoms with Crippen LogP contribution >= 0.6 is 15.9 Å². The Morgan fingerprint density at radius 1 is 1.54 bits per heavy atom. The molecule has 0 aliphatic carbocycles. The second kappa shape index (κ2) is 3.12. The number of hydrogen-bond donors (Lipinski definition) is 1. The maximum Gasteiger partial charge on any atom is 0.137 e. The molecular formula is C9H9BrN2O. The lowest BCUT2D eigenvalue weighted by atomic mass is 10.3. The third-order valence-corrected chi connectivity index (χ3v) is 2.40. The van der Waals surface area contributed by atoms with Crippen LogP contribution in [0.2, 0.25) is 0 Å². The zero-order valence-electron chi connectivity index (χ0n) is 7.11. The Morgan fingerprint density at radius 2 is 2.31 bits per heavy atom. The van der Waals surface area contributed by atoms with Crippen LogP contribution in [0.1, 0.15) is 18.7 Å². The first kappa shape index (κ1) is 8.72. The molecule has 0 bridgehead atoms. The number of hydrogen-bond acceptors (Lipinski definition) is 2. The van der Waals surface area contributed by atoms with Crippen LogP contribution in [0.5, 0.6) is 0 Å². The van der Waals surface area contributed by atoms with Gasteiger partial charge in [0, 0.05) is 10.7 Å². The van der Waals surface area contributed by atoms with Crippen molar-refractivity contribution in [2.24, 2.45) is 0 Å². The maximum absolute atomic E-state index is 9.43. The van der Waals surface area contributed by atoms with Crippen LogP contribution < -0.4 is 0 Å². The monoisotopic (exact) mass is 240 g/mol. The molecular weight excluding hydrogens is 232 g/mol. The summed E-state index contributed by atoms with van der Waals surface area (Å²) in [7, 11) is 0. The second-order valence-electron chi connectivity index (χ2n) is 2.93. The van der Waals surface area contributed by atoms with Gasteiger partial charge in [-0.25, -0.2) is 4.98 Å². The molecule has 0 saturated heterocycles. The van der Waals surface area contributed by atoms with Gasteiger partial charge in [-0.3, -0.25) is 0 Å². The van der Waals surface area contributed by atoms with Crippen molar-refractivity contribution < 1.29 is 5.11 Å². The molecule has 2 aromatic rings. The molecule has 0 aliphatic heterocycles. The molecule has 0 amide bonds. The van der Waals surface area contributed by atoms with E-state index in [-0.39, 0.29) is 0 Å². The van der Waals surface area contributed by atoms with Crippen LogP contribution in [0.4, 0.5) is 0 Å². The fourth-order valence-corrected chi connectivity index (χ4v) is 1.62. The van der Waals surface area contributed by atoms with Gasteiger partial charge in [-0.05, 0) is 35.0 Å². The summed E-state index contributed by atoms with van der Waals surface area (Å²) in [4.78, 5) is 4.16. The minimum atomic E-state index is -0.496. The summed E-state index contributed by atoms with van der Waals surface area (Å²) in [6.07, 6.45) is 3.08. The highest BCUT2D eigenvalue weighted by molar-refractivity contribution is 9.10. The zero-order chi connectivity index (χ0) is 9.42. The largest absolute Gasteiger partial charge is 0.387 e. The summed E-state index contributed by atoms with van der Waals surface area (Å²) in [5.74, 6) is 0. The average molecular weight is 241 g/mol. The molecule has 2 heterocycles. The lowest BCUT2D eigenvalue weighted by molar-refractivity contribution is 0.193. The van der Waals surface area contributed by atoms with E-state index in [2.05, 4.69) is 20.9 Å². The molecule has 0 radical (unpaired) electrons. The van der Waals surface area contributed by atoms with Crippen molar-refractivity contribution in [2.45, 2.75) is 13.0 Å². The van der Waals surface area contributed by atoms with Crippen molar-refractivity contribution in [1.29, 1.82) is 0 Å². The number of nitrogens with zero attached hydrogens (tertiary/aromatic N) is 2. The zero-order valence-corrected chi connectivity index (χ0v) is 8.69. The first-order valence-electron chi connectivity index (χ1n) is 3.99.